The Bertz CT molecular complexity index is 555. The van der Waals surface area contributed by atoms with Crippen LogP contribution >= 0.6 is 0 Å². The van der Waals surface area contributed by atoms with Gasteiger partial charge in [-0.3, -0.25) is 9.59 Å². The molecule has 0 aromatic rings. The maximum absolute atomic E-state index is 13.2. The lowest BCUT2D eigenvalue weighted by molar-refractivity contribution is -0.176. The van der Waals surface area contributed by atoms with Crippen molar-refractivity contribution in [3.8, 4) is 0 Å². The lowest BCUT2D eigenvalue weighted by Gasteiger charge is -2.45. The van der Waals surface area contributed by atoms with Crippen molar-refractivity contribution < 1.29 is 27.2 Å². The number of alkyl halides is 4. The van der Waals surface area contributed by atoms with Gasteiger partial charge in [-0.15, -0.1) is 0 Å². The molecule has 0 heterocycles. The van der Waals surface area contributed by atoms with E-state index in [-0.39, 0.29) is 12.1 Å². The third-order valence-electron chi connectivity index (χ3n) is 6.34. The van der Waals surface area contributed by atoms with Gasteiger partial charge in [0.2, 0.25) is 23.7 Å². The highest BCUT2D eigenvalue weighted by Crippen LogP contribution is 2.52. The summed E-state index contributed by atoms with van der Waals surface area (Å²) in [6, 6.07) is -0.724. The topological polar surface area (TPSA) is 58.2 Å². The van der Waals surface area contributed by atoms with Crippen LogP contribution in [0.5, 0.6) is 0 Å². The van der Waals surface area contributed by atoms with Gasteiger partial charge in [0.15, 0.2) is 0 Å². The van der Waals surface area contributed by atoms with Gasteiger partial charge in [-0.2, -0.15) is 0 Å². The Labute approximate surface area is 156 Å². The zero-order valence-corrected chi connectivity index (χ0v) is 15.8. The van der Waals surface area contributed by atoms with E-state index in [1.807, 2.05) is 0 Å². The zero-order valence-electron chi connectivity index (χ0n) is 15.8. The first-order valence-electron chi connectivity index (χ1n) is 9.72. The summed E-state index contributed by atoms with van der Waals surface area (Å²) in [7, 11) is 0. The Morgan fingerprint density at radius 1 is 0.704 bits per heavy atom. The molecule has 2 atom stereocenters. The Morgan fingerprint density at radius 3 is 1.33 bits per heavy atom. The van der Waals surface area contributed by atoms with Crippen molar-refractivity contribution >= 4 is 11.8 Å². The van der Waals surface area contributed by atoms with Crippen LogP contribution in [0, 0.1) is 10.8 Å². The van der Waals surface area contributed by atoms with Crippen molar-refractivity contribution in [3.63, 3.8) is 0 Å². The van der Waals surface area contributed by atoms with Gasteiger partial charge in [0.1, 0.15) is 0 Å². The minimum atomic E-state index is -2.80. The number of nitrogens with one attached hydrogen (secondary N) is 2. The second kappa shape index (κ2) is 6.62. The molecule has 2 N–H and O–H groups in total. The van der Waals surface area contributed by atoms with Crippen LogP contribution in [-0.4, -0.2) is 35.7 Å². The summed E-state index contributed by atoms with van der Waals surface area (Å²) in [5, 5.41) is 5.73. The molecule has 154 valence electrons. The Kier molecular flexibility index (Phi) is 5.00. The predicted molar refractivity (Wildman–Crippen MR) is 91.5 cm³/mol. The molecule has 8 heteroatoms. The molecule has 0 bridgehead atoms. The average molecular weight is 392 g/mol. The number of carbonyl (C=O) groups excluding carboxylic acids is 2. The number of amides is 2. The van der Waals surface area contributed by atoms with Gasteiger partial charge in [0, 0.05) is 37.8 Å². The van der Waals surface area contributed by atoms with Crippen LogP contribution in [-0.2, 0) is 9.59 Å². The van der Waals surface area contributed by atoms with E-state index in [0.29, 0.717) is 12.8 Å². The van der Waals surface area contributed by atoms with Crippen LogP contribution in [0.25, 0.3) is 0 Å². The molecule has 3 saturated carbocycles. The summed E-state index contributed by atoms with van der Waals surface area (Å²) in [6.07, 6.45) is 2.06. The molecule has 0 aromatic heterocycles. The van der Waals surface area contributed by atoms with Crippen LogP contribution in [0.4, 0.5) is 17.6 Å². The highest BCUT2D eigenvalue weighted by Gasteiger charge is 2.59. The summed E-state index contributed by atoms with van der Waals surface area (Å²) < 4.78 is 52.9. The molecule has 0 aromatic carbocycles. The SMILES string of the molecule is CC1(C(=O)N[C@H]2CCCCC[C@H]2NC(=O)C2(C)CC(F)(F)C2)CC(F)(F)C1. The lowest BCUT2D eigenvalue weighted by Crippen LogP contribution is -2.61. The molecule has 3 fully saturated rings. The first-order valence-corrected chi connectivity index (χ1v) is 9.72. The first-order chi connectivity index (χ1) is 12.3. The van der Waals surface area contributed by atoms with Crippen molar-refractivity contribution in [2.75, 3.05) is 0 Å². The Balaban J connectivity index is 1.62. The van der Waals surface area contributed by atoms with Crippen LogP contribution < -0.4 is 10.6 Å². The second-order valence-corrected chi connectivity index (χ2v) is 9.34. The number of hydrogen-bond acceptors (Lipinski definition) is 2. The third kappa shape index (κ3) is 4.24. The van der Waals surface area contributed by atoms with Crippen LogP contribution in [0.3, 0.4) is 0 Å². The molecule has 0 radical (unpaired) electrons. The molecule has 0 saturated heterocycles. The minimum absolute atomic E-state index is 0.362. The van der Waals surface area contributed by atoms with Gasteiger partial charge in [0.25, 0.3) is 0 Å². The first kappa shape index (κ1) is 20.4. The average Bonchev–Trinajstić information content (AvgIpc) is 2.68. The normalized spacial score (nSPS) is 33.0. The number of rotatable bonds is 4. The Morgan fingerprint density at radius 2 is 1.04 bits per heavy atom. The highest BCUT2D eigenvalue weighted by atomic mass is 19.3. The van der Waals surface area contributed by atoms with Crippen molar-refractivity contribution in [1.82, 2.24) is 10.6 Å². The third-order valence-corrected chi connectivity index (χ3v) is 6.34. The summed E-state index contributed by atoms with van der Waals surface area (Å²) in [5.74, 6) is -6.43. The molecular formula is C19H28F4N2O2. The summed E-state index contributed by atoms with van der Waals surface area (Å²) >= 11 is 0. The van der Waals surface area contributed by atoms with Gasteiger partial charge < -0.3 is 10.6 Å². The van der Waals surface area contributed by atoms with Crippen LogP contribution in [0.1, 0.15) is 71.6 Å². The van der Waals surface area contributed by atoms with E-state index in [0.717, 1.165) is 19.3 Å². The summed E-state index contributed by atoms with van der Waals surface area (Å²) in [6.45, 7) is 3.06. The fraction of sp³-hybridized carbons (Fsp3) is 0.895. The van der Waals surface area contributed by atoms with Gasteiger partial charge in [0.05, 0.1) is 10.8 Å². The molecule has 4 nitrogen and oxygen atoms in total. The van der Waals surface area contributed by atoms with E-state index in [9.17, 15) is 27.2 Å². The van der Waals surface area contributed by atoms with Crippen molar-refractivity contribution in [3.05, 3.63) is 0 Å². The minimum Gasteiger partial charge on any atom is -0.351 e. The monoisotopic (exact) mass is 392 g/mol. The van der Waals surface area contributed by atoms with E-state index in [1.54, 1.807) is 0 Å². The Hall–Kier alpha value is -1.34. The van der Waals surface area contributed by atoms with Crippen molar-refractivity contribution in [2.45, 2.75) is 95.6 Å². The highest BCUT2D eigenvalue weighted by molar-refractivity contribution is 5.85. The molecular weight excluding hydrogens is 364 g/mol. The van der Waals surface area contributed by atoms with Gasteiger partial charge in [-0.25, -0.2) is 17.6 Å². The largest absolute Gasteiger partial charge is 0.351 e. The van der Waals surface area contributed by atoms with E-state index in [1.165, 1.54) is 13.8 Å². The molecule has 3 aliphatic rings. The molecule has 0 aliphatic heterocycles. The van der Waals surface area contributed by atoms with E-state index in [2.05, 4.69) is 10.6 Å². The smallest absolute Gasteiger partial charge is 0.250 e. The molecule has 0 spiro atoms. The van der Waals surface area contributed by atoms with Gasteiger partial charge >= 0.3 is 0 Å². The fourth-order valence-electron chi connectivity index (χ4n) is 4.84. The zero-order chi connectivity index (χ0) is 20.1. The summed E-state index contributed by atoms with van der Waals surface area (Å²) in [4.78, 5) is 25.1. The van der Waals surface area contributed by atoms with Gasteiger partial charge in [-0.1, -0.05) is 33.1 Å². The standard InChI is InChI=1S/C19H28F4N2O2/c1-16(8-18(20,21)9-16)14(26)24-12-6-4-3-5-7-13(12)25-15(27)17(2)10-19(22,23)11-17/h12-13H,3-11H2,1-2H3,(H,24,26)(H,25,27)/t12-,13+. The maximum Gasteiger partial charge on any atom is 0.250 e. The van der Waals surface area contributed by atoms with Crippen molar-refractivity contribution in [2.24, 2.45) is 10.8 Å². The summed E-state index contributed by atoms with van der Waals surface area (Å²) in [5.41, 5.74) is -2.18. The van der Waals surface area contributed by atoms with Gasteiger partial charge in [-0.05, 0) is 12.8 Å². The molecule has 0 unspecified atom stereocenters. The van der Waals surface area contributed by atoms with Crippen LogP contribution in [0.2, 0.25) is 0 Å². The lowest BCUT2D eigenvalue weighted by atomic mass is 9.66. The van der Waals surface area contributed by atoms with E-state index in [4.69, 9.17) is 0 Å². The number of hydrogen-bond donors (Lipinski definition) is 2. The van der Waals surface area contributed by atoms with E-state index < -0.39 is 60.2 Å². The molecule has 27 heavy (non-hydrogen) atoms. The molecule has 2 amide bonds. The molecule has 3 aliphatic carbocycles. The quantitative estimate of drug-likeness (QED) is 0.565. The number of carbonyl (C=O) groups is 2. The van der Waals surface area contributed by atoms with Crippen molar-refractivity contribution in [1.29, 1.82) is 0 Å². The second-order valence-electron chi connectivity index (χ2n) is 9.34. The number of halogens is 4. The predicted octanol–water partition coefficient (Wildman–Crippen LogP) is 3.79. The van der Waals surface area contributed by atoms with E-state index >= 15 is 0 Å². The fourth-order valence-corrected chi connectivity index (χ4v) is 4.84. The van der Waals surface area contributed by atoms with Crippen LogP contribution in [0.15, 0.2) is 0 Å². The molecule has 3 rings (SSSR count). The maximum atomic E-state index is 13.2.